The zero-order valence-corrected chi connectivity index (χ0v) is 14.7. The summed E-state index contributed by atoms with van der Waals surface area (Å²) in [4.78, 5) is 19.0. The predicted octanol–water partition coefficient (Wildman–Crippen LogP) is 3.86. The topological polar surface area (TPSA) is 38.1 Å². The standard InChI is InChI=1S/C19H27N3O/c1-13(2)11-19(23)21-9-7-16(8-10-21)22-15(4)20-17-6-5-14(3)12-18(17)22/h5-6,12-13,16H,7-11H2,1-4H3. The molecule has 1 aromatic carbocycles. The summed E-state index contributed by atoms with van der Waals surface area (Å²) in [5.41, 5.74) is 3.57. The second kappa shape index (κ2) is 6.34. The van der Waals surface area contributed by atoms with E-state index in [1.54, 1.807) is 0 Å². The molecule has 0 saturated carbocycles. The highest BCUT2D eigenvalue weighted by molar-refractivity contribution is 5.77. The lowest BCUT2D eigenvalue weighted by molar-refractivity contribution is -0.133. The minimum absolute atomic E-state index is 0.307. The van der Waals surface area contributed by atoms with Crippen molar-refractivity contribution in [3.8, 4) is 0 Å². The van der Waals surface area contributed by atoms with E-state index in [0.717, 1.165) is 37.3 Å². The minimum atomic E-state index is 0.307. The van der Waals surface area contributed by atoms with Crippen LogP contribution in [0.5, 0.6) is 0 Å². The van der Waals surface area contributed by atoms with Gasteiger partial charge in [-0.1, -0.05) is 19.9 Å². The Morgan fingerprint density at radius 3 is 2.61 bits per heavy atom. The first-order valence-electron chi connectivity index (χ1n) is 8.68. The number of hydrogen-bond acceptors (Lipinski definition) is 2. The Labute approximate surface area is 138 Å². The minimum Gasteiger partial charge on any atom is -0.343 e. The maximum atomic E-state index is 12.2. The maximum Gasteiger partial charge on any atom is 0.222 e. The first-order valence-corrected chi connectivity index (χ1v) is 8.68. The number of amides is 1. The molecule has 0 unspecified atom stereocenters. The number of carbonyl (C=O) groups is 1. The molecule has 0 spiro atoms. The molecule has 4 nitrogen and oxygen atoms in total. The molecule has 2 aromatic rings. The first-order chi connectivity index (χ1) is 11.0. The van der Waals surface area contributed by atoms with Gasteiger partial charge in [-0.05, 0) is 50.3 Å². The molecule has 0 bridgehead atoms. The number of likely N-dealkylation sites (tertiary alicyclic amines) is 1. The van der Waals surface area contributed by atoms with Crippen molar-refractivity contribution in [3.63, 3.8) is 0 Å². The molecule has 1 fully saturated rings. The van der Waals surface area contributed by atoms with Crippen LogP contribution in [0.1, 0.15) is 50.5 Å². The predicted molar refractivity (Wildman–Crippen MR) is 93.5 cm³/mol. The lowest BCUT2D eigenvalue weighted by atomic mass is 10.0. The van der Waals surface area contributed by atoms with Gasteiger partial charge >= 0.3 is 0 Å². The van der Waals surface area contributed by atoms with Crippen molar-refractivity contribution >= 4 is 16.9 Å². The van der Waals surface area contributed by atoms with Gasteiger partial charge in [-0.25, -0.2) is 4.98 Å². The number of rotatable bonds is 3. The maximum absolute atomic E-state index is 12.2. The summed E-state index contributed by atoms with van der Waals surface area (Å²) in [6.45, 7) is 10.1. The molecule has 2 heterocycles. The summed E-state index contributed by atoms with van der Waals surface area (Å²) in [5.74, 6) is 1.82. The Kier molecular flexibility index (Phi) is 4.42. The van der Waals surface area contributed by atoms with E-state index in [9.17, 15) is 4.79 Å². The van der Waals surface area contributed by atoms with Crippen LogP contribution in [0.15, 0.2) is 18.2 Å². The first kappa shape index (κ1) is 16.0. The summed E-state index contributed by atoms with van der Waals surface area (Å²) in [6.07, 6.45) is 2.70. The van der Waals surface area contributed by atoms with Gasteiger partial charge in [0, 0.05) is 25.6 Å². The summed E-state index contributed by atoms with van der Waals surface area (Å²) in [7, 11) is 0. The molecule has 124 valence electrons. The van der Waals surface area contributed by atoms with Gasteiger partial charge in [-0.3, -0.25) is 4.79 Å². The average Bonchev–Trinajstić information content (AvgIpc) is 2.82. The van der Waals surface area contributed by atoms with Gasteiger partial charge < -0.3 is 9.47 Å². The highest BCUT2D eigenvalue weighted by Gasteiger charge is 2.26. The fraction of sp³-hybridized carbons (Fsp3) is 0.579. The van der Waals surface area contributed by atoms with Crippen LogP contribution in [0.3, 0.4) is 0 Å². The van der Waals surface area contributed by atoms with Crippen LogP contribution in [0.25, 0.3) is 11.0 Å². The van der Waals surface area contributed by atoms with Crippen molar-refractivity contribution < 1.29 is 4.79 Å². The van der Waals surface area contributed by atoms with Crippen molar-refractivity contribution in [2.24, 2.45) is 5.92 Å². The molecule has 1 aromatic heterocycles. The molecule has 0 N–H and O–H groups in total. The van der Waals surface area contributed by atoms with E-state index >= 15 is 0 Å². The Bertz CT molecular complexity index is 709. The highest BCUT2D eigenvalue weighted by Crippen LogP contribution is 2.29. The number of fused-ring (bicyclic) bond motifs is 1. The lowest BCUT2D eigenvalue weighted by Crippen LogP contribution is -2.39. The monoisotopic (exact) mass is 313 g/mol. The highest BCUT2D eigenvalue weighted by atomic mass is 16.2. The van der Waals surface area contributed by atoms with Gasteiger partial charge in [0.25, 0.3) is 0 Å². The van der Waals surface area contributed by atoms with E-state index in [1.165, 1.54) is 11.1 Å². The molecule has 3 rings (SSSR count). The molecule has 0 aliphatic carbocycles. The Hall–Kier alpha value is -1.84. The fourth-order valence-corrected chi connectivity index (χ4v) is 3.64. The third-order valence-electron chi connectivity index (χ3n) is 4.79. The third kappa shape index (κ3) is 3.26. The number of carbonyl (C=O) groups excluding carboxylic acids is 1. The third-order valence-corrected chi connectivity index (χ3v) is 4.79. The Balaban J connectivity index is 1.77. The van der Waals surface area contributed by atoms with E-state index in [1.807, 2.05) is 4.90 Å². The van der Waals surface area contributed by atoms with Crippen molar-refractivity contribution in [2.45, 2.75) is 53.0 Å². The van der Waals surface area contributed by atoms with Gasteiger partial charge in [0.15, 0.2) is 0 Å². The van der Waals surface area contributed by atoms with Crippen LogP contribution in [-0.4, -0.2) is 33.4 Å². The number of aromatic nitrogens is 2. The summed E-state index contributed by atoms with van der Waals surface area (Å²) >= 11 is 0. The zero-order chi connectivity index (χ0) is 16.6. The van der Waals surface area contributed by atoms with E-state index in [-0.39, 0.29) is 0 Å². The Morgan fingerprint density at radius 1 is 1.26 bits per heavy atom. The quantitative estimate of drug-likeness (QED) is 0.863. The summed E-state index contributed by atoms with van der Waals surface area (Å²) in [5, 5.41) is 0. The summed E-state index contributed by atoms with van der Waals surface area (Å²) < 4.78 is 2.38. The largest absolute Gasteiger partial charge is 0.343 e. The van der Waals surface area contributed by atoms with Crippen LogP contribution >= 0.6 is 0 Å². The van der Waals surface area contributed by atoms with Crippen molar-refractivity contribution in [2.75, 3.05) is 13.1 Å². The molecule has 0 atom stereocenters. The van der Waals surface area contributed by atoms with Crippen molar-refractivity contribution in [3.05, 3.63) is 29.6 Å². The second-order valence-corrected chi connectivity index (χ2v) is 7.23. The molecule has 0 radical (unpaired) electrons. The molecule has 1 amide bonds. The molecule has 1 aliphatic heterocycles. The van der Waals surface area contributed by atoms with Gasteiger partial charge in [-0.2, -0.15) is 0 Å². The van der Waals surface area contributed by atoms with Crippen LogP contribution in [0, 0.1) is 19.8 Å². The van der Waals surface area contributed by atoms with Gasteiger partial charge in [-0.15, -0.1) is 0 Å². The SMILES string of the molecule is Cc1ccc2nc(C)n(C3CCN(C(=O)CC(C)C)CC3)c2c1. The fourth-order valence-electron chi connectivity index (χ4n) is 3.64. The van der Waals surface area contributed by atoms with Gasteiger partial charge in [0.2, 0.25) is 5.91 Å². The molecular weight excluding hydrogens is 286 g/mol. The van der Waals surface area contributed by atoms with Gasteiger partial charge in [0.05, 0.1) is 11.0 Å². The Morgan fingerprint density at radius 2 is 1.96 bits per heavy atom. The molecule has 1 saturated heterocycles. The molecule has 1 aliphatic rings. The van der Waals surface area contributed by atoms with Crippen LogP contribution in [0.2, 0.25) is 0 Å². The van der Waals surface area contributed by atoms with Gasteiger partial charge in [0.1, 0.15) is 5.82 Å². The number of benzene rings is 1. The molecular formula is C19H27N3O. The molecule has 23 heavy (non-hydrogen) atoms. The number of piperidine rings is 1. The normalized spacial score (nSPS) is 16.5. The summed E-state index contributed by atoms with van der Waals surface area (Å²) in [6, 6.07) is 6.90. The number of nitrogens with zero attached hydrogens (tertiary/aromatic N) is 3. The van der Waals surface area contributed by atoms with E-state index in [0.29, 0.717) is 24.3 Å². The molecule has 4 heteroatoms. The number of hydrogen-bond donors (Lipinski definition) is 0. The smallest absolute Gasteiger partial charge is 0.222 e. The second-order valence-electron chi connectivity index (χ2n) is 7.23. The van der Waals surface area contributed by atoms with Crippen LogP contribution < -0.4 is 0 Å². The number of imidazole rings is 1. The van der Waals surface area contributed by atoms with Crippen LogP contribution in [0.4, 0.5) is 0 Å². The van der Waals surface area contributed by atoms with E-state index in [4.69, 9.17) is 4.98 Å². The van der Waals surface area contributed by atoms with E-state index in [2.05, 4.69) is 50.5 Å². The van der Waals surface area contributed by atoms with E-state index < -0.39 is 0 Å². The lowest BCUT2D eigenvalue weighted by Gasteiger charge is -2.34. The zero-order valence-electron chi connectivity index (χ0n) is 14.7. The number of aryl methyl sites for hydroxylation is 2. The average molecular weight is 313 g/mol. The van der Waals surface area contributed by atoms with Crippen molar-refractivity contribution in [1.82, 2.24) is 14.5 Å². The van der Waals surface area contributed by atoms with Crippen LogP contribution in [-0.2, 0) is 4.79 Å². The van der Waals surface area contributed by atoms with Crippen molar-refractivity contribution in [1.29, 1.82) is 0 Å².